The minimum Gasteiger partial charge on any atom is -0.490 e. The fourth-order valence-electron chi connectivity index (χ4n) is 4.82. The highest BCUT2D eigenvalue weighted by atomic mass is 16.5. The molecule has 2 heterocycles. The second-order valence-corrected chi connectivity index (χ2v) is 9.66. The summed E-state index contributed by atoms with van der Waals surface area (Å²) in [5.74, 6) is 1.90. The Morgan fingerprint density at radius 3 is 2.32 bits per heavy atom. The molecule has 5 rings (SSSR count). The summed E-state index contributed by atoms with van der Waals surface area (Å²) in [6, 6.07) is 22.7. The maximum Gasteiger partial charge on any atom is 0.256 e. The van der Waals surface area contributed by atoms with E-state index in [1.165, 1.54) is 0 Å². The smallest absolute Gasteiger partial charge is 0.256 e. The number of aromatic nitrogens is 3. The Bertz CT molecular complexity index is 1690. The summed E-state index contributed by atoms with van der Waals surface area (Å²) >= 11 is 0. The van der Waals surface area contributed by atoms with Crippen LogP contribution in [0.1, 0.15) is 41.2 Å². The molecule has 2 aromatic heterocycles. The van der Waals surface area contributed by atoms with Crippen LogP contribution >= 0.6 is 0 Å². The lowest BCUT2D eigenvalue weighted by Gasteiger charge is -2.13. The van der Waals surface area contributed by atoms with E-state index in [9.17, 15) is 4.79 Å². The van der Waals surface area contributed by atoms with Gasteiger partial charge in [0.15, 0.2) is 11.5 Å². The van der Waals surface area contributed by atoms with Crippen molar-refractivity contribution in [2.75, 3.05) is 18.5 Å². The molecule has 0 aliphatic heterocycles. The molecule has 0 atom stereocenters. The molecule has 5 aromatic rings. The molecule has 210 valence electrons. The van der Waals surface area contributed by atoms with E-state index in [4.69, 9.17) is 19.2 Å². The molecular formula is C33H34N4O4. The fourth-order valence-corrected chi connectivity index (χ4v) is 4.82. The van der Waals surface area contributed by atoms with Gasteiger partial charge in [0.2, 0.25) is 0 Å². The largest absolute Gasteiger partial charge is 0.490 e. The lowest BCUT2D eigenvalue weighted by molar-refractivity contribution is 0.102. The van der Waals surface area contributed by atoms with Gasteiger partial charge in [-0.1, -0.05) is 24.3 Å². The molecule has 0 spiro atoms. The molecule has 0 unspecified atom stereocenters. The van der Waals surface area contributed by atoms with Crippen molar-refractivity contribution in [3.8, 4) is 28.5 Å². The standard InChI is InChI=1S/C33H34N4O4/c1-6-39-30-17-12-23(18-31(30)40-7-2)20-41-25-15-13-24(14-16-25)34-33(38)27-19-29(32-21(3)36-37(5)22(32)4)35-28-11-9-8-10-26(27)28/h8-19H,6-7,20H2,1-5H3,(H,34,38). The van der Waals surface area contributed by atoms with E-state index >= 15 is 0 Å². The predicted octanol–water partition coefficient (Wildman–Crippen LogP) is 6.88. The minimum absolute atomic E-state index is 0.212. The number of anilines is 1. The number of nitrogens with one attached hydrogen (secondary N) is 1. The Morgan fingerprint density at radius 1 is 0.878 bits per heavy atom. The first-order valence-electron chi connectivity index (χ1n) is 13.7. The van der Waals surface area contributed by atoms with Crippen LogP contribution in [-0.2, 0) is 13.7 Å². The molecule has 1 amide bonds. The average molecular weight is 551 g/mol. The van der Waals surface area contributed by atoms with Gasteiger partial charge in [-0.15, -0.1) is 0 Å². The van der Waals surface area contributed by atoms with Crippen molar-refractivity contribution in [2.45, 2.75) is 34.3 Å². The number of hydrogen-bond donors (Lipinski definition) is 1. The van der Waals surface area contributed by atoms with Crippen LogP contribution < -0.4 is 19.5 Å². The monoisotopic (exact) mass is 550 g/mol. The van der Waals surface area contributed by atoms with Crippen LogP contribution in [0.15, 0.2) is 72.8 Å². The van der Waals surface area contributed by atoms with E-state index in [2.05, 4.69) is 10.4 Å². The number of nitrogens with zero attached hydrogens (tertiary/aromatic N) is 3. The number of aryl methyl sites for hydroxylation is 2. The van der Waals surface area contributed by atoms with Crippen molar-refractivity contribution in [1.29, 1.82) is 0 Å². The molecule has 41 heavy (non-hydrogen) atoms. The molecule has 0 radical (unpaired) electrons. The molecule has 3 aromatic carbocycles. The Morgan fingerprint density at radius 2 is 1.61 bits per heavy atom. The van der Waals surface area contributed by atoms with Gasteiger partial charge in [0.1, 0.15) is 12.4 Å². The van der Waals surface area contributed by atoms with E-state index in [1.807, 2.05) is 112 Å². The number of carbonyl (C=O) groups excluding carboxylic acids is 1. The summed E-state index contributed by atoms with van der Waals surface area (Å²) in [5.41, 5.74) is 6.46. The summed E-state index contributed by atoms with van der Waals surface area (Å²) in [5, 5.41) is 8.35. The van der Waals surface area contributed by atoms with Gasteiger partial charge in [0.25, 0.3) is 5.91 Å². The van der Waals surface area contributed by atoms with Crippen molar-refractivity contribution in [2.24, 2.45) is 7.05 Å². The number of rotatable bonds is 10. The highest BCUT2D eigenvalue weighted by Gasteiger charge is 2.18. The maximum atomic E-state index is 13.5. The lowest BCUT2D eigenvalue weighted by atomic mass is 10.0. The summed E-state index contributed by atoms with van der Waals surface area (Å²) in [4.78, 5) is 18.4. The van der Waals surface area contributed by atoms with Crippen molar-refractivity contribution >= 4 is 22.5 Å². The SMILES string of the molecule is CCOc1ccc(COc2ccc(NC(=O)c3cc(-c4c(C)nn(C)c4C)nc4ccccc34)cc2)cc1OCC. The number of para-hydroxylation sites is 1. The topological polar surface area (TPSA) is 87.5 Å². The Balaban J connectivity index is 1.32. The number of hydrogen-bond acceptors (Lipinski definition) is 6. The molecule has 0 fully saturated rings. The summed E-state index contributed by atoms with van der Waals surface area (Å²) < 4.78 is 19.2. The molecule has 8 heteroatoms. The van der Waals surface area contributed by atoms with Gasteiger partial charge in [-0.05, 0) is 81.8 Å². The second-order valence-electron chi connectivity index (χ2n) is 9.66. The van der Waals surface area contributed by atoms with Crippen LogP contribution in [0.3, 0.4) is 0 Å². The van der Waals surface area contributed by atoms with Crippen LogP contribution in [0.5, 0.6) is 17.2 Å². The molecule has 0 saturated carbocycles. The lowest BCUT2D eigenvalue weighted by Crippen LogP contribution is -2.13. The first-order chi connectivity index (χ1) is 19.9. The summed E-state index contributed by atoms with van der Waals surface area (Å²) in [6.07, 6.45) is 0. The van der Waals surface area contributed by atoms with Gasteiger partial charge in [-0.2, -0.15) is 5.10 Å². The fraction of sp³-hybridized carbons (Fsp3) is 0.242. The zero-order valence-corrected chi connectivity index (χ0v) is 24.0. The van der Waals surface area contributed by atoms with Crippen molar-refractivity contribution in [3.63, 3.8) is 0 Å². The van der Waals surface area contributed by atoms with E-state index < -0.39 is 0 Å². The first-order valence-corrected chi connectivity index (χ1v) is 13.7. The second kappa shape index (κ2) is 12.1. The van der Waals surface area contributed by atoms with Crippen molar-refractivity contribution in [3.05, 3.63) is 95.3 Å². The third-order valence-electron chi connectivity index (χ3n) is 6.85. The van der Waals surface area contributed by atoms with Crippen LogP contribution in [0.4, 0.5) is 5.69 Å². The van der Waals surface area contributed by atoms with Gasteiger partial charge >= 0.3 is 0 Å². The first kappa shape index (κ1) is 27.7. The van der Waals surface area contributed by atoms with E-state index in [1.54, 1.807) is 0 Å². The number of amides is 1. The predicted molar refractivity (Wildman–Crippen MR) is 161 cm³/mol. The minimum atomic E-state index is -0.212. The highest BCUT2D eigenvalue weighted by Crippen LogP contribution is 2.31. The zero-order valence-electron chi connectivity index (χ0n) is 24.0. The molecule has 0 aliphatic carbocycles. The van der Waals surface area contributed by atoms with Gasteiger partial charge in [0.05, 0.1) is 35.7 Å². The molecule has 8 nitrogen and oxygen atoms in total. The van der Waals surface area contributed by atoms with Gasteiger partial charge < -0.3 is 19.5 Å². The highest BCUT2D eigenvalue weighted by molar-refractivity contribution is 6.13. The van der Waals surface area contributed by atoms with Gasteiger partial charge in [-0.3, -0.25) is 9.48 Å². The number of pyridine rings is 1. The quantitative estimate of drug-likeness (QED) is 0.204. The third kappa shape index (κ3) is 6.01. The van der Waals surface area contributed by atoms with Crippen molar-refractivity contribution in [1.82, 2.24) is 14.8 Å². The Kier molecular flexibility index (Phi) is 8.19. The number of fused-ring (bicyclic) bond motifs is 1. The van der Waals surface area contributed by atoms with E-state index in [-0.39, 0.29) is 5.91 Å². The molecule has 0 bridgehead atoms. The van der Waals surface area contributed by atoms with E-state index in [0.29, 0.717) is 42.6 Å². The van der Waals surface area contributed by atoms with Crippen LogP contribution in [0.25, 0.3) is 22.2 Å². The number of ether oxygens (including phenoxy) is 3. The normalized spacial score (nSPS) is 11.0. The zero-order chi connectivity index (χ0) is 28.9. The van der Waals surface area contributed by atoms with Gasteiger partial charge in [-0.25, -0.2) is 4.98 Å². The Hall–Kier alpha value is -4.85. The number of benzene rings is 3. The summed E-state index contributed by atoms with van der Waals surface area (Å²) in [7, 11) is 1.91. The van der Waals surface area contributed by atoms with Crippen LogP contribution in [-0.4, -0.2) is 33.9 Å². The molecule has 1 N–H and O–H groups in total. The maximum absolute atomic E-state index is 13.5. The molecule has 0 aliphatic rings. The van der Waals surface area contributed by atoms with Crippen LogP contribution in [0.2, 0.25) is 0 Å². The Labute approximate surface area is 239 Å². The van der Waals surface area contributed by atoms with Gasteiger partial charge in [0, 0.05) is 29.4 Å². The number of carbonyl (C=O) groups is 1. The molecule has 0 saturated heterocycles. The average Bonchev–Trinajstić information content (AvgIpc) is 3.23. The third-order valence-corrected chi connectivity index (χ3v) is 6.85. The summed E-state index contributed by atoms with van der Waals surface area (Å²) in [6.45, 7) is 9.34. The van der Waals surface area contributed by atoms with E-state index in [0.717, 1.165) is 44.9 Å². The van der Waals surface area contributed by atoms with Crippen molar-refractivity contribution < 1.29 is 19.0 Å². The van der Waals surface area contributed by atoms with Crippen LogP contribution in [0, 0.1) is 13.8 Å². The molecular weight excluding hydrogens is 516 g/mol.